The molecule has 0 radical (unpaired) electrons. The van der Waals surface area contributed by atoms with Crippen molar-refractivity contribution in [2.75, 3.05) is 51.3 Å². The number of carbonyl (C=O) groups is 2. The summed E-state index contributed by atoms with van der Waals surface area (Å²) >= 11 is 1.38. The van der Waals surface area contributed by atoms with Crippen LogP contribution in [0.15, 0.2) is 11.6 Å². The quantitative estimate of drug-likeness (QED) is 0.695. The summed E-state index contributed by atoms with van der Waals surface area (Å²) in [7, 11) is 0. The van der Waals surface area contributed by atoms with E-state index < -0.39 is 0 Å². The monoisotopic (exact) mass is 394 g/mol. The maximum Gasteiger partial charge on any atom is 0.245 e. The molecule has 0 spiro atoms. The standard InChI is InChI=1S/C19H30N4O3S/c24-17(21-19-20-7-14-27-19)15-23(9-8-22-10-12-26-13-11-22)18(25)6-5-16-3-1-2-4-16/h7,14,16H,1-6,8-13,15H2,(H,20,21,24). The fourth-order valence-corrected chi connectivity index (χ4v) is 4.33. The van der Waals surface area contributed by atoms with Gasteiger partial charge in [-0.3, -0.25) is 14.5 Å². The molecule has 27 heavy (non-hydrogen) atoms. The maximum atomic E-state index is 12.8. The Hall–Kier alpha value is -1.51. The Morgan fingerprint density at radius 1 is 1.30 bits per heavy atom. The van der Waals surface area contributed by atoms with Gasteiger partial charge in [-0.05, 0) is 12.3 Å². The number of hydrogen-bond donors (Lipinski definition) is 1. The summed E-state index contributed by atoms with van der Waals surface area (Å²) in [6.07, 6.45) is 8.20. The lowest BCUT2D eigenvalue weighted by Gasteiger charge is -2.30. The van der Waals surface area contributed by atoms with Crippen LogP contribution in [0.5, 0.6) is 0 Å². The van der Waals surface area contributed by atoms with Crippen LogP contribution in [-0.4, -0.2) is 72.5 Å². The summed E-state index contributed by atoms with van der Waals surface area (Å²) in [5.41, 5.74) is 0. The van der Waals surface area contributed by atoms with Crippen molar-refractivity contribution in [3.05, 3.63) is 11.6 Å². The third kappa shape index (κ3) is 6.86. The Bertz CT molecular complexity index is 584. The molecule has 0 aromatic carbocycles. The molecule has 2 amide bonds. The van der Waals surface area contributed by atoms with Crippen LogP contribution in [0.4, 0.5) is 5.13 Å². The zero-order valence-corrected chi connectivity index (χ0v) is 16.7. The van der Waals surface area contributed by atoms with E-state index in [0.29, 0.717) is 24.0 Å². The van der Waals surface area contributed by atoms with Gasteiger partial charge in [0.05, 0.1) is 19.8 Å². The number of anilines is 1. The second-order valence-electron chi connectivity index (χ2n) is 7.34. The highest BCUT2D eigenvalue weighted by molar-refractivity contribution is 7.13. The zero-order valence-electron chi connectivity index (χ0n) is 15.9. The zero-order chi connectivity index (χ0) is 18.9. The number of amides is 2. The van der Waals surface area contributed by atoms with Gasteiger partial charge < -0.3 is 15.0 Å². The molecule has 8 heteroatoms. The van der Waals surface area contributed by atoms with E-state index in [9.17, 15) is 9.59 Å². The third-order valence-electron chi connectivity index (χ3n) is 5.40. The van der Waals surface area contributed by atoms with E-state index in [1.807, 2.05) is 5.38 Å². The number of aromatic nitrogens is 1. The lowest BCUT2D eigenvalue weighted by Crippen LogP contribution is -2.45. The predicted molar refractivity (Wildman–Crippen MR) is 106 cm³/mol. The molecule has 2 aliphatic rings. The number of morpholine rings is 1. The molecule has 1 N–H and O–H groups in total. The molecular formula is C19H30N4O3S. The van der Waals surface area contributed by atoms with Crippen molar-refractivity contribution in [2.45, 2.75) is 38.5 Å². The second kappa shape index (κ2) is 10.7. The van der Waals surface area contributed by atoms with E-state index in [1.54, 1.807) is 11.1 Å². The summed E-state index contributed by atoms with van der Waals surface area (Å²) in [5.74, 6) is 0.588. The number of rotatable bonds is 9. The molecule has 0 bridgehead atoms. The summed E-state index contributed by atoms with van der Waals surface area (Å²) in [6, 6.07) is 0. The molecule has 150 valence electrons. The third-order valence-corrected chi connectivity index (χ3v) is 6.09. The normalized spacial score (nSPS) is 18.5. The van der Waals surface area contributed by atoms with Crippen LogP contribution in [0.3, 0.4) is 0 Å². The van der Waals surface area contributed by atoms with Gasteiger partial charge in [-0.1, -0.05) is 25.7 Å². The first-order valence-electron chi connectivity index (χ1n) is 9.98. The molecule has 7 nitrogen and oxygen atoms in total. The molecule has 0 atom stereocenters. The van der Waals surface area contributed by atoms with Crippen molar-refractivity contribution in [1.29, 1.82) is 0 Å². The van der Waals surface area contributed by atoms with Gasteiger partial charge in [0.25, 0.3) is 0 Å². The molecule has 1 aromatic heterocycles. The predicted octanol–water partition coefficient (Wildman–Crippen LogP) is 2.21. The number of carbonyl (C=O) groups excluding carboxylic acids is 2. The molecule has 1 saturated carbocycles. The average Bonchev–Trinajstić information content (AvgIpc) is 3.38. The maximum absolute atomic E-state index is 12.8. The fourth-order valence-electron chi connectivity index (χ4n) is 3.78. The van der Waals surface area contributed by atoms with Crippen molar-refractivity contribution in [2.24, 2.45) is 5.92 Å². The topological polar surface area (TPSA) is 74.8 Å². The molecule has 0 unspecified atom stereocenters. The summed E-state index contributed by atoms with van der Waals surface area (Å²) in [5, 5.41) is 5.18. The van der Waals surface area contributed by atoms with E-state index in [0.717, 1.165) is 39.3 Å². The average molecular weight is 395 g/mol. The molecule has 1 aromatic rings. The minimum Gasteiger partial charge on any atom is -0.379 e. The summed E-state index contributed by atoms with van der Waals surface area (Å²) in [6.45, 7) is 4.69. The van der Waals surface area contributed by atoms with E-state index in [2.05, 4.69) is 15.2 Å². The van der Waals surface area contributed by atoms with Crippen LogP contribution in [0.1, 0.15) is 38.5 Å². The number of hydrogen-bond acceptors (Lipinski definition) is 6. The van der Waals surface area contributed by atoms with Crippen molar-refractivity contribution in [3.63, 3.8) is 0 Å². The minimum absolute atomic E-state index is 0.0875. The Labute approximate surface area is 165 Å². The number of ether oxygens (including phenoxy) is 1. The van der Waals surface area contributed by atoms with Crippen LogP contribution >= 0.6 is 11.3 Å². The van der Waals surface area contributed by atoms with Crippen molar-refractivity contribution >= 4 is 28.3 Å². The first-order chi connectivity index (χ1) is 13.2. The highest BCUT2D eigenvalue weighted by Crippen LogP contribution is 2.28. The first kappa shape index (κ1) is 20.2. The number of nitrogens with zero attached hydrogens (tertiary/aromatic N) is 3. The number of thiazole rings is 1. The molecular weight excluding hydrogens is 364 g/mol. The van der Waals surface area contributed by atoms with Gasteiger partial charge in [0.15, 0.2) is 5.13 Å². The lowest BCUT2D eigenvalue weighted by atomic mass is 10.0. The van der Waals surface area contributed by atoms with E-state index in [1.165, 1.54) is 37.0 Å². The largest absolute Gasteiger partial charge is 0.379 e. The van der Waals surface area contributed by atoms with Crippen molar-refractivity contribution in [3.8, 4) is 0 Å². The van der Waals surface area contributed by atoms with Gasteiger partial charge in [0, 0.05) is 44.2 Å². The van der Waals surface area contributed by atoms with Gasteiger partial charge in [0.2, 0.25) is 11.8 Å². The SMILES string of the molecule is O=C(CN(CCN1CCOCC1)C(=O)CCC1CCCC1)Nc1nccs1. The van der Waals surface area contributed by atoms with Crippen LogP contribution in [0.2, 0.25) is 0 Å². The highest BCUT2D eigenvalue weighted by Gasteiger charge is 2.22. The smallest absolute Gasteiger partial charge is 0.245 e. The second-order valence-corrected chi connectivity index (χ2v) is 8.24. The van der Waals surface area contributed by atoms with Crippen LogP contribution in [-0.2, 0) is 14.3 Å². The molecule has 2 heterocycles. The summed E-state index contributed by atoms with van der Waals surface area (Å²) < 4.78 is 5.38. The highest BCUT2D eigenvalue weighted by atomic mass is 32.1. The van der Waals surface area contributed by atoms with E-state index in [-0.39, 0.29) is 18.4 Å². The van der Waals surface area contributed by atoms with Gasteiger partial charge in [0.1, 0.15) is 0 Å². The van der Waals surface area contributed by atoms with Gasteiger partial charge in [-0.15, -0.1) is 11.3 Å². The van der Waals surface area contributed by atoms with Crippen LogP contribution < -0.4 is 5.32 Å². The van der Waals surface area contributed by atoms with Gasteiger partial charge in [-0.25, -0.2) is 4.98 Å². The van der Waals surface area contributed by atoms with E-state index >= 15 is 0 Å². The molecule has 1 aliphatic carbocycles. The summed E-state index contributed by atoms with van der Waals surface area (Å²) in [4.78, 5) is 33.2. The molecule has 2 fully saturated rings. The van der Waals surface area contributed by atoms with E-state index in [4.69, 9.17) is 4.74 Å². The Balaban J connectivity index is 1.50. The minimum atomic E-state index is -0.179. The van der Waals surface area contributed by atoms with Crippen molar-refractivity contribution in [1.82, 2.24) is 14.8 Å². The molecule has 1 aliphatic heterocycles. The van der Waals surface area contributed by atoms with Crippen molar-refractivity contribution < 1.29 is 14.3 Å². The molecule has 1 saturated heterocycles. The van der Waals surface area contributed by atoms with Crippen LogP contribution in [0, 0.1) is 5.92 Å². The first-order valence-corrected chi connectivity index (χ1v) is 10.9. The van der Waals surface area contributed by atoms with Crippen LogP contribution in [0.25, 0.3) is 0 Å². The Morgan fingerprint density at radius 3 is 2.78 bits per heavy atom. The lowest BCUT2D eigenvalue weighted by molar-refractivity contribution is -0.135. The fraction of sp³-hybridized carbons (Fsp3) is 0.737. The Kier molecular flexibility index (Phi) is 8.04. The number of nitrogens with one attached hydrogen (secondary N) is 1. The Morgan fingerprint density at radius 2 is 2.07 bits per heavy atom. The molecule has 3 rings (SSSR count). The van der Waals surface area contributed by atoms with Gasteiger partial charge >= 0.3 is 0 Å². The van der Waals surface area contributed by atoms with Gasteiger partial charge in [-0.2, -0.15) is 0 Å².